The molecule has 0 aliphatic rings. The van der Waals surface area contributed by atoms with Gasteiger partial charge in [-0.25, -0.2) is 4.39 Å². The van der Waals surface area contributed by atoms with Gasteiger partial charge in [-0.1, -0.05) is 0 Å². The molecule has 0 aliphatic carbocycles. The number of nitrogens with zero attached hydrogens (tertiary/aromatic N) is 2. The summed E-state index contributed by atoms with van der Waals surface area (Å²) < 4.78 is 16.4. The lowest BCUT2D eigenvalue weighted by atomic mass is 10.2. The first kappa shape index (κ1) is 9.39. The third-order valence-electron chi connectivity index (χ3n) is 1.87. The Morgan fingerprint density at radius 3 is 2.92 bits per heavy atom. The Hall–Kier alpha value is -0.170. The predicted octanol–water partition coefficient (Wildman–Crippen LogP) is 3.08. The molecule has 0 saturated heterocycles. The Morgan fingerprint density at radius 2 is 2.23 bits per heavy atom. The van der Waals surface area contributed by atoms with Crippen molar-refractivity contribution in [2.45, 2.75) is 0 Å². The standard InChI is InChI=1S/C8H5BrFIN2/c1-13-5-3-2-4(9)7(10)6(5)8(11)12-13/h2-3H,1H3. The van der Waals surface area contributed by atoms with E-state index in [1.165, 1.54) is 0 Å². The van der Waals surface area contributed by atoms with E-state index in [-0.39, 0.29) is 5.82 Å². The molecule has 0 N–H and O–H groups in total. The van der Waals surface area contributed by atoms with Gasteiger partial charge < -0.3 is 0 Å². The fourth-order valence-electron chi connectivity index (χ4n) is 1.24. The summed E-state index contributed by atoms with van der Waals surface area (Å²) >= 11 is 5.17. The van der Waals surface area contributed by atoms with Crippen LogP contribution in [0.4, 0.5) is 4.39 Å². The fraction of sp³-hybridized carbons (Fsp3) is 0.125. The third kappa shape index (κ3) is 1.38. The van der Waals surface area contributed by atoms with Crippen molar-refractivity contribution in [2.24, 2.45) is 7.05 Å². The maximum atomic E-state index is 13.6. The summed E-state index contributed by atoms with van der Waals surface area (Å²) in [6.07, 6.45) is 0. The second-order valence-electron chi connectivity index (χ2n) is 2.67. The molecule has 13 heavy (non-hydrogen) atoms. The normalized spacial score (nSPS) is 11.1. The highest BCUT2D eigenvalue weighted by molar-refractivity contribution is 14.1. The molecular formula is C8H5BrFIN2. The molecule has 0 unspecified atom stereocenters. The molecule has 0 spiro atoms. The Labute approximate surface area is 96.4 Å². The van der Waals surface area contributed by atoms with Crippen LogP contribution in [-0.2, 0) is 7.05 Å². The topological polar surface area (TPSA) is 17.8 Å². The van der Waals surface area contributed by atoms with Crippen LogP contribution in [0.1, 0.15) is 0 Å². The van der Waals surface area contributed by atoms with Crippen molar-refractivity contribution < 1.29 is 4.39 Å². The van der Waals surface area contributed by atoms with Crippen LogP contribution >= 0.6 is 38.5 Å². The van der Waals surface area contributed by atoms with Gasteiger partial charge in [0.05, 0.1) is 15.4 Å². The molecular weight excluding hydrogens is 350 g/mol. The van der Waals surface area contributed by atoms with Gasteiger partial charge in [0.2, 0.25) is 0 Å². The number of hydrogen-bond acceptors (Lipinski definition) is 1. The molecule has 68 valence electrons. The quantitative estimate of drug-likeness (QED) is 0.665. The van der Waals surface area contributed by atoms with Crippen LogP contribution in [0, 0.1) is 9.52 Å². The van der Waals surface area contributed by atoms with Gasteiger partial charge in [0.25, 0.3) is 0 Å². The number of hydrogen-bond donors (Lipinski definition) is 0. The van der Waals surface area contributed by atoms with E-state index < -0.39 is 0 Å². The predicted molar refractivity (Wildman–Crippen MR) is 61.1 cm³/mol. The van der Waals surface area contributed by atoms with E-state index in [4.69, 9.17) is 0 Å². The first-order chi connectivity index (χ1) is 6.11. The van der Waals surface area contributed by atoms with E-state index >= 15 is 0 Å². The van der Waals surface area contributed by atoms with Gasteiger partial charge in [0.15, 0.2) is 0 Å². The molecule has 0 amide bonds. The van der Waals surface area contributed by atoms with Crippen molar-refractivity contribution in [3.05, 3.63) is 26.1 Å². The summed E-state index contributed by atoms with van der Waals surface area (Å²) in [6.45, 7) is 0. The molecule has 0 radical (unpaired) electrons. The molecule has 0 aliphatic heterocycles. The van der Waals surface area contributed by atoms with Crippen LogP contribution in [0.2, 0.25) is 0 Å². The molecule has 2 aromatic rings. The lowest BCUT2D eigenvalue weighted by Crippen LogP contribution is -1.89. The summed E-state index contributed by atoms with van der Waals surface area (Å²) in [5, 5.41) is 4.72. The van der Waals surface area contributed by atoms with Gasteiger partial charge in [-0.2, -0.15) is 5.10 Å². The van der Waals surface area contributed by atoms with Gasteiger partial charge in [-0.15, -0.1) is 0 Å². The monoisotopic (exact) mass is 354 g/mol. The van der Waals surface area contributed by atoms with E-state index in [0.29, 0.717) is 13.6 Å². The molecule has 0 fully saturated rings. The van der Waals surface area contributed by atoms with Crippen molar-refractivity contribution in [3.63, 3.8) is 0 Å². The van der Waals surface area contributed by atoms with Crippen LogP contribution in [0.3, 0.4) is 0 Å². The number of aryl methyl sites for hydroxylation is 1. The Kier molecular flexibility index (Phi) is 2.31. The average Bonchev–Trinajstić information content (AvgIpc) is 2.35. The SMILES string of the molecule is Cn1nc(I)c2c(F)c(Br)ccc21. The van der Waals surface area contributed by atoms with Gasteiger partial charge in [-0.3, -0.25) is 4.68 Å². The molecule has 1 aromatic carbocycles. The second kappa shape index (κ2) is 3.20. The fourth-order valence-corrected chi connectivity index (χ4v) is 2.41. The molecule has 0 saturated carbocycles. The van der Waals surface area contributed by atoms with Gasteiger partial charge in [0, 0.05) is 7.05 Å². The number of fused-ring (bicyclic) bond motifs is 1. The number of benzene rings is 1. The second-order valence-corrected chi connectivity index (χ2v) is 4.55. The van der Waals surface area contributed by atoms with Gasteiger partial charge in [0.1, 0.15) is 9.52 Å². The molecule has 0 atom stereocenters. The van der Waals surface area contributed by atoms with Crippen LogP contribution in [0.15, 0.2) is 16.6 Å². The summed E-state index contributed by atoms with van der Waals surface area (Å²) in [5.41, 5.74) is 0.810. The Morgan fingerprint density at radius 1 is 1.54 bits per heavy atom. The molecule has 5 heteroatoms. The molecule has 2 nitrogen and oxygen atoms in total. The van der Waals surface area contributed by atoms with Crippen LogP contribution in [-0.4, -0.2) is 9.78 Å². The lowest BCUT2D eigenvalue weighted by Gasteiger charge is -1.96. The minimum absolute atomic E-state index is 0.241. The Balaban J connectivity index is 2.98. The van der Waals surface area contributed by atoms with Gasteiger partial charge >= 0.3 is 0 Å². The molecule has 1 aromatic heterocycles. The zero-order valence-electron chi connectivity index (χ0n) is 6.68. The van der Waals surface area contributed by atoms with Crippen molar-refractivity contribution in [3.8, 4) is 0 Å². The zero-order valence-corrected chi connectivity index (χ0v) is 10.4. The number of aromatic nitrogens is 2. The van der Waals surface area contributed by atoms with E-state index in [2.05, 4.69) is 21.0 Å². The first-order valence-electron chi connectivity index (χ1n) is 3.57. The maximum absolute atomic E-state index is 13.6. The highest BCUT2D eigenvalue weighted by atomic mass is 127. The molecule has 0 bridgehead atoms. The summed E-state index contributed by atoms with van der Waals surface area (Å²) in [4.78, 5) is 0. The highest BCUT2D eigenvalue weighted by Crippen LogP contribution is 2.27. The molecule has 2 rings (SSSR count). The highest BCUT2D eigenvalue weighted by Gasteiger charge is 2.12. The van der Waals surface area contributed by atoms with Crippen LogP contribution < -0.4 is 0 Å². The van der Waals surface area contributed by atoms with Crippen LogP contribution in [0.5, 0.6) is 0 Å². The number of rotatable bonds is 0. The number of halogens is 3. The Bertz CT molecular complexity index is 480. The zero-order chi connectivity index (χ0) is 9.59. The lowest BCUT2D eigenvalue weighted by molar-refractivity contribution is 0.633. The van der Waals surface area contributed by atoms with Crippen molar-refractivity contribution in [1.29, 1.82) is 0 Å². The van der Waals surface area contributed by atoms with Gasteiger partial charge in [-0.05, 0) is 50.7 Å². The van der Waals surface area contributed by atoms with E-state index in [0.717, 1.165) is 5.52 Å². The average molecular weight is 355 g/mol. The summed E-state index contributed by atoms with van der Waals surface area (Å²) in [5.74, 6) is -0.241. The minimum Gasteiger partial charge on any atom is -0.267 e. The van der Waals surface area contributed by atoms with E-state index in [1.807, 2.05) is 28.7 Å². The van der Waals surface area contributed by atoms with E-state index in [1.54, 1.807) is 17.8 Å². The minimum atomic E-state index is -0.241. The van der Waals surface area contributed by atoms with Crippen molar-refractivity contribution in [2.75, 3.05) is 0 Å². The van der Waals surface area contributed by atoms with Crippen LogP contribution in [0.25, 0.3) is 10.9 Å². The summed E-state index contributed by atoms with van der Waals surface area (Å²) in [7, 11) is 1.80. The van der Waals surface area contributed by atoms with Crippen molar-refractivity contribution in [1.82, 2.24) is 9.78 Å². The smallest absolute Gasteiger partial charge is 0.149 e. The third-order valence-corrected chi connectivity index (χ3v) is 3.23. The van der Waals surface area contributed by atoms with Crippen molar-refractivity contribution >= 4 is 49.4 Å². The molecule has 1 heterocycles. The maximum Gasteiger partial charge on any atom is 0.149 e. The largest absolute Gasteiger partial charge is 0.267 e. The summed E-state index contributed by atoms with van der Waals surface area (Å²) in [6, 6.07) is 3.53. The first-order valence-corrected chi connectivity index (χ1v) is 5.44. The van der Waals surface area contributed by atoms with E-state index in [9.17, 15) is 4.39 Å².